The van der Waals surface area contributed by atoms with Gasteiger partial charge in [0, 0.05) is 10.6 Å². The number of hydrogen-bond acceptors (Lipinski definition) is 5. The van der Waals surface area contributed by atoms with E-state index >= 15 is 0 Å². The van der Waals surface area contributed by atoms with Crippen LogP contribution in [0.4, 0.5) is 0 Å². The molecule has 0 aliphatic rings. The van der Waals surface area contributed by atoms with E-state index in [2.05, 4.69) is 15.0 Å². The summed E-state index contributed by atoms with van der Waals surface area (Å²) in [6, 6.07) is 7.60. The molecular formula is C13H13Cl2N3O2. The Morgan fingerprint density at radius 1 is 1.05 bits per heavy atom. The molecule has 0 radical (unpaired) electrons. The van der Waals surface area contributed by atoms with E-state index in [-0.39, 0.29) is 30.0 Å². The molecule has 5 nitrogen and oxygen atoms in total. The summed E-state index contributed by atoms with van der Waals surface area (Å²) in [6.45, 7) is 3.96. The molecule has 0 fully saturated rings. The lowest BCUT2D eigenvalue weighted by molar-refractivity contribution is 0.211. The molecule has 1 heterocycles. The van der Waals surface area contributed by atoms with Crippen molar-refractivity contribution in [1.29, 1.82) is 0 Å². The summed E-state index contributed by atoms with van der Waals surface area (Å²) < 4.78 is 10.8. The molecule has 0 spiro atoms. The number of hydrogen-bond donors (Lipinski definition) is 0. The summed E-state index contributed by atoms with van der Waals surface area (Å²) in [5.41, 5.74) is 0.831. The van der Waals surface area contributed by atoms with E-state index in [4.69, 9.17) is 32.7 Å². The summed E-state index contributed by atoms with van der Waals surface area (Å²) in [7, 11) is 0. The van der Waals surface area contributed by atoms with Crippen LogP contribution >= 0.6 is 23.2 Å². The maximum atomic E-state index is 6.04. The Balaban J connectivity index is 2.09. The highest BCUT2D eigenvalue weighted by Crippen LogP contribution is 2.18. The lowest BCUT2D eigenvalue weighted by atomic mass is 10.2. The molecule has 7 heteroatoms. The Hall–Kier alpha value is -1.59. The first-order valence-corrected chi connectivity index (χ1v) is 6.74. The Labute approximate surface area is 126 Å². The lowest BCUT2D eigenvalue weighted by Gasteiger charge is -2.09. The quantitative estimate of drug-likeness (QED) is 0.845. The molecular weight excluding hydrogens is 301 g/mol. The van der Waals surface area contributed by atoms with E-state index in [1.165, 1.54) is 0 Å². The fourth-order valence-electron chi connectivity index (χ4n) is 1.40. The van der Waals surface area contributed by atoms with Crippen molar-refractivity contribution in [3.63, 3.8) is 0 Å². The third-order valence-corrected chi connectivity index (χ3v) is 2.76. The van der Waals surface area contributed by atoms with Gasteiger partial charge in [0.05, 0.1) is 6.10 Å². The fourth-order valence-corrected chi connectivity index (χ4v) is 1.74. The zero-order valence-electron chi connectivity index (χ0n) is 11.0. The molecule has 0 aliphatic heterocycles. The Morgan fingerprint density at radius 2 is 1.75 bits per heavy atom. The number of rotatable bonds is 5. The van der Waals surface area contributed by atoms with Crippen LogP contribution in [0, 0.1) is 0 Å². The summed E-state index contributed by atoms with van der Waals surface area (Å²) in [5, 5.41) is 0.635. The van der Waals surface area contributed by atoms with E-state index in [1.807, 2.05) is 32.0 Å². The van der Waals surface area contributed by atoms with Gasteiger partial charge in [-0.25, -0.2) is 0 Å². The minimum absolute atomic E-state index is 0.0183. The van der Waals surface area contributed by atoms with E-state index in [1.54, 1.807) is 6.07 Å². The largest absolute Gasteiger partial charge is 0.461 e. The smallest absolute Gasteiger partial charge is 0.324 e. The number of halogens is 2. The molecule has 0 amide bonds. The summed E-state index contributed by atoms with van der Waals surface area (Å²) >= 11 is 11.8. The van der Waals surface area contributed by atoms with Crippen LogP contribution in [0.1, 0.15) is 19.4 Å². The number of ether oxygens (including phenoxy) is 2. The third kappa shape index (κ3) is 4.21. The lowest BCUT2D eigenvalue weighted by Crippen LogP contribution is -2.10. The van der Waals surface area contributed by atoms with Gasteiger partial charge in [-0.15, -0.1) is 4.98 Å². The van der Waals surface area contributed by atoms with Crippen LogP contribution in [0.5, 0.6) is 12.0 Å². The van der Waals surface area contributed by atoms with E-state index in [0.717, 1.165) is 5.56 Å². The van der Waals surface area contributed by atoms with Gasteiger partial charge in [0.2, 0.25) is 5.28 Å². The van der Waals surface area contributed by atoms with Crippen molar-refractivity contribution in [2.45, 2.75) is 26.6 Å². The van der Waals surface area contributed by atoms with Crippen molar-refractivity contribution in [2.75, 3.05) is 0 Å². The Kier molecular flexibility index (Phi) is 4.98. The molecule has 1 aromatic heterocycles. The van der Waals surface area contributed by atoms with Gasteiger partial charge >= 0.3 is 12.0 Å². The van der Waals surface area contributed by atoms with Crippen molar-refractivity contribution in [3.8, 4) is 12.0 Å². The van der Waals surface area contributed by atoms with Gasteiger partial charge in [-0.1, -0.05) is 29.8 Å². The van der Waals surface area contributed by atoms with Crippen molar-refractivity contribution in [1.82, 2.24) is 15.0 Å². The second kappa shape index (κ2) is 6.72. The molecule has 0 N–H and O–H groups in total. The summed E-state index contributed by atoms with van der Waals surface area (Å²) in [4.78, 5) is 11.8. The van der Waals surface area contributed by atoms with Gasteiger partial charge in [0.15, 0.2) is 0 Å². The van der Waals surface area contributed by atoms with Crippen LogP contribution in [0.15, 0.2) is 24.3 Å². The molecule has 1 aromatic carbocycles. The first kappa shape index (κ1) is 14.8. The third-order valence-electron chi connectivity index (χ3n) is 2.22. The van der Waals surface area contributed by atoms with Gasteiger partial charge < -0.3 is 9.47 Å². The second-order valence-electron chi connectivity index (χ2n) is 4.22. The first-order valence-electron chi connectivity index (χ1n) is 5.99. The normalized spacial score (nSPS) is 10.7. The Bertz CT molecular complexity index is 594. The first-order chi connectivity index (χ1) is 9.54. The number of benzene rings is 1. The highest BCUT2D eigenvalue weighted by molar-refractivity contribution is 6.31. The van der Waals surface area contributed by atoms with E-state index in [9.17, 15) is 0 Å². The topological polar surface area (TPSA) is 57.1 Å². The van der Waals surface area contributed by atoms with Gasteiger partial charge in [-0.3, -0.25) is 0 Å². The minimum Gasteiger partial charge on any atom is -0.461 e. The molecule has 20 heavy (non-hydrogen) atoms. The van der Waals surface area contributed by atoms with Gasteiger partial charge in [-0.05, 0) is 31.5 Å². The van der Waals surface area contributed by atoms with Crippen LogP contribution in [0.25, 0.3) is 0 Å². The predicted octanol–water partition coefficient (Wildman–Crippen LogP) is 3.54. The maximum absolute atomic E-state index is 6.04. The molecule has 0 saturated carbocycles. The SMILES string of the molecule is CC(C)Oc1nc(Cl)nc(OCc2ccccc2Cl)n1. The molecule has 2 rings (SSSR count). The number of nitrogens with zero attached hydrogens (tertiary/aromatic N) is 3. The van der Waals surface area contributed by atoms with Crippen molar-refractivity contribution >= 4 is 23.2 Å². The van der Waals surface area contributed by atoms with Crippen LogP contribution in [0.3, 0.4) is 0 Å². The van der Waals surface area contributed by atoms with Crippen molar-refractivity contribution in [2.24, 2.45) is 0 Å². The van der Waals surface area contributed by atoms with Gasteiger partial charge in [0.1, 0.15) is 6.61 Å². The highest BCUT2D eigenvalue weighted by Gasteiger charge is 2.09. The standard InChI is InChI=1S/C13H13Cl2N3O2/c1-8(2)20-13-17-11(15)16-12(18-13)19-7-9-5-3-4-6-10(9)14/h3-6,8H,7H2,1-2H3. The monoisotopic (exact) mass is 313 g/mol. The predicted molar refractivity (Wildman–Crippen MR) is 76.4 cm³/mol. The van der Waals surface area contributed by atoms with E-state index in [0.29, 0.717) is 5.02 Å². The van der Waals surface area contributed by atoms with Crippen LogP contribution in [0.2, 0.25) is 10.3 Å². The van der Waals surface area contributed by atoms with Crippen molar-refractivity contribution in [3.05, 3.63) is 40.1 Å². The van der Waals surface area contributed by atoms with Crippen LogP contribution < -0.4 is 9.47 Å². The average Bonchev–Trinajstić information content (AvgIpc) is 2.36. The zero-order valence-corrected chi connectivity index (χ0v) is 12.5. The average molecular weight is 314 g/mol. The van der Waals surface area contributed by atoms with Crippen LogP contribution in [-0.4, -0.2) is 21.1 Å². The molecule has 0 unspecified atom stereocenters. The number of aromatic nitrogens is 3. The van der Waals surface area contributed by atoms with E-state index < -0.39 is 0 Å². The molecule has 0 bridgehead atoms. The summed E-state index contributed by atoms with van der Waals surface area (Å²) in [5.74, 6) is 0. The summed E-state index contributed by atoms with van der Waals surface area (Å²) in [6.07, 6.45) is -0.0649. The molecule has 0 aliphatic carbocycles. The second-order valence-corrected chi connectivity index (χ2v) is 4.96. The maximum Gasteiger partial charge on any atom is 0.324 e. The van der Waals surface area contributed by atoms with Crippen LogP contribution in [-0.2, 0) is 6.61 Å². The molecule has 106 valence electrons. The molecule has 2 aromatic rings. The van der Waals surface area contributed by atoms with Crippen molar-refractivity contribution < 1.29 is 9.47 Å². The van der Waals surface area contributed by atoms with Gasteiger partial charge in [-0.2, -0.15) is 9.97 Å². The van der Waals surface area contributed by atoms with Gasteiger partial charge in [0.25, 0.3) is 0 Å². The molecule has 0 saturated heterocycles. The zero-order chi connectivity index (χ0) is 14.5. The Morgan fingerprint density at radius 3 is 2.45 bits per heavy atom. The molecule has 0 atom stereocenters. The highest BCUT2D eigenvalue weighted by atomic mass is 35.5. The fraction of sp³-hybridized carbons (Fsp3) is 0.308. The minimum atomic E-state index is -0.0649.